The van der Waals surface area contributed by atoms with Crippen molar-refractivity contribution in [1.29, 1.82) is 0 Å². The summed E-state index contributed by atoms with van der Waals surface area (Å²) in [7, 11) is 1.65. The van der Waals surface area contributed by atoms with Gasteiger partial charge in [-0.3, -0.25) is 4.79 Å². The van der Waals surface area contributed by atoms with Gasteiger partial charge < -0.3 is 4.74 Å². The average molecular weight is 177 g/mol. The van der Waals surface area contributed by atoms with E-state index in [4.69, 9.17) is 4.74 Å². The smallest absolute Gasteiger partial charge is 0.137 e. The van der Waals surface area contributed by atoms with Gasteiger partial charge in [0.15, 0.2) is 0 Å². The van der Waals surface area contributed by atoms with Gasteiger partial charge in [-0.15, -0.1) is 0 Å². The second-order valence-electron chi connectivity index (χ2n) is 2.97. The van der Waals surface area contributed by atoms with Crippen LogP contribution in [0.5, 0.6) is 0 Å². The number of ether oxygens (including phenoxy) is 1. The Morgan fingerprint density at radius 2 is 2.15 bits per heavy atom. The fourth-order valence-corrected chi connectivity index (χ4v) is 1.22. The molecule has 0 spiro atoms. The average Bonchev–Trinajstić information content (AvgIpc) is 2.04. The molecule has 0 aliphatic heterocycles. The van der Waals surface area contributed by atoms with E-state index < -0.39 is 0 Å². The van der Waals surface area contributed by atoms with Crippen LogP contribution in [0.4, 0.5) is 0 Å². The van der Waals surface area contributed by atoms with Crippen molar-refractivity contribution >= 4 is 5.78 Å². The van der Waals surface area contributed by atoms with E-state index >= 15 is 0 Å². The molecule has 0 aliphatic rings. The first-order valence-corrected chi connectivity index (χ1v) is 4.14. The quantitative estimate of drug-likeness (QED) is 0.700. The number of hydrogen-bond donors (Lipinski definition) is 0. The maximum Gasteiger partial charge on any atom is 0.137 e. The van der Waals surface area contributed by atoms with Crippen LogP contribution in [-0.4, -0.2) is 12.9 Å². The van der Waals surface area contributed by atoms with Gasteiger partial charge in [-0.05, 0) is 11.1 Å². The molecule has 0 amide bonds. The standard InChI is InChI=1S/C11H13O2/c1-9(12)6-10-4-3-5-11(7-10)8-13-2/h3-5,7H,1,6,8H2,2H3. The third kappa shape index (κ3) is 3.38. The first-order chi connectivity index (χ1) is 6.22. The Balaban J connectivity index is 2.73. The summed E-state index contributed by atoms with van der Waals surface area (Å²) in [5, 5.41) is 0. The molecule has 0 heterocycles. The molecule has 1 aromatic carbocycles. The van der Waals surface area contributed by atoms with Crippen LogP contribution < -0.4 is 0 Å². The Bertz CT molecular complexity index is 292. The molecule has 0 fully saturated rings. The molecule has 69 valence electrons. The van der Waals surface area contributed by atoms with Gasteiger partial charge in [0.05, 0.1) is 6.61 Å². The Hall–Kier alpha value is -1.15. The van der Waals surface area contributed by atoms with E-state index in [-0.39, 0.29) is 5.78 Å². The van der Waals surface area contributed by atoms with E-state index in [1.54, 1.807) is 7.11 Å². The molecule has 0 saturated heterocycles. The van der Waals surface area contributed by atoms with Crippen LogP contribution in [0.15, 0.2) is 24.3 Å². The van der Waals surface area contributed by atoms with Crippen molar-refractivity contribution in [3.8, 4) is 0 Å². The minimum Gasteiger partial charge on any atom is -0.380 e. The lowest BCUT2D eigenvalue weighted by Gasteiger charge is -2.02. The molecule has 1 aromatic rings. The number of carbonyl (C=O) groups excluding carboxylic acids is 1. The molecule has 0 bridgehead atoms. The fourth-order valence-electron chi connectivity index (χ4n) is 1.22. The van der Waals surface area contributed by atoms with Gasteiger partial charge in [0.2, 0.25) is 0 Å². The highest BCUT2D eigenvalue weighted by Crippen LogP contribution is 2.07. The van der Waals surface area contributed by atoms with Crippen molar-refractivity contribution in [1.82, 2.24) is 0 Å². The minimum absolute atomic E-state index is 0.0606. The molecule has 0 saturated carbocycles. The second-order valence-corrected chi connectivity index (χ2v) is 2.97. The van der Waals surface area contributed by atoms with Crippen molar-refractivity contribution in [2.24, 2.45) is 0 Å². The summed E-state index contributed by atoms with van der Waals surface area (Å²) in [5.41, 5.74) is 2.08. The number of carbonyl (C=O) groups is 1. The number of Topliss-reactive ketones (excluding diaryl/α,β-unsaturated/α-hetero) is 1. The number of methoxy groups -OCH3 is 1. The van der Waals surface area contributed by atoms with Crippen LogP contribution in [0.2, 0.25) is 0 Å². The summed E-state index contributed by atoms with van der Waals surface area (Å²) < 4.78 is 4.99. The summed E-state index contributed by atoms with van der Waals surface area (Å²) >= 11 is 0. The van der Waals surface area contributed by atoms with Crippen LogP contribution in [0.3, 0.4) is 0 Å². The summed E-state index contributed by atoms with van der Waals surface area (Å²) in [4.78, 5) is 10.7. The first kappa shape index (κ1) is 9.93. The minimum atomic E-state index is -0.0606. The normalized spacial score (nSPS) is 10.0. The number of rotatable bonds is 4. The largest absolute Gasteiger partial charge is 0.380 e. The summed E-state index contributed by atoms with van der Waals surface area (Å²) in [5.74, 6) is -0.0606. The van der Waals surface area contributed by atoms with E-state index in [1.165, 1.54) is 0 Å². The number of hydrogen-bond acceptors (Lipinski definition) is 2. The van der Waals surface area contributed by atoms with Gasteiger partial charge in [0.25, 0.3) is 0 Å². The molecule has 0 aliphatic carbocycles. The zero-order chi connectivity index (χ0) is 9.68. The topological polar surface area (TPSA) is 26.3 Å². The molecule has 1 radical (unpaired) electrons. The predicted molar refractivity (Wildman–Crippen MR) is 51.2 cm³/mol. The van der Waals surface area contributed by atoms with Crippen molar-refractivity contribution in [2.75, 3.05) is 7.11 Å². The molecule has 0 aromatic heterocycles. The fraction of sp³-hybridized carbons (Fsp3) is 0.273. The SMILES string of the molecule is [CH2]C(=O)Cc1cccc(COC)c1. The first-order valence-electron chi connectivity index (χ1n) is 4.14. The third-order valence-corrected chi connectivity index (χ3v) is 1.70. The monoisotopic (exact) mass is 177 g/mol. The molecule has 2 heteroatoms. The van der Waals surface area contributed by atoms with Crippen molar-refractivity contribution < 1.29 is 9.53 Å². The lowest BCUT2D eigenvalue weighted by atomic mass is 10.1. The lowest BCUT2D eigenvalue weighted by molar-refractivity contribution is -0.114. The number of ketones is 1. The summed E-state index contributed by atoms with van der Waals surface area (Å²) in [6.45, 7) is 3.92. The summed E-state index contributed by atoms with van der Waals surface area (Å²) in [6.07, 6.45) is 0.400. The molecule has 0 N–H and O–H groups in total. The van der Waals surface area contributed by atoms with Gasteiger partial charge in [0.1, 0.15) is 5.78 Å². The number of benzene rings is 1. The Morgan fingerprint density at radius 3 is 2.77 bits per heavy atom. The van der Waals surface area contributed by atoms with Crippen LogP contribution in [0.25, 0.3) is 0 Å². The highest BCUT2D eigenvalue weighted by Gasteiger charge is 1.98. The van der Waals surface area contributed by atoms with Gasteiger partial charge in [-0.25, -0.2) is 0 Å². The van der Waals surface area contributed by atoms with Gasteiger partial charge >= 0.3 is 0 Å². The van der Waals surface area contributed by atoms with Crippen molar-refractivity contribution in [3.05, 3.63) is 42.3 Å². The van der Waals surface area contributed by atoms with Crippen LogP contribution >= 0.6 is 0 Å². The van der Waals surface area contributed by atoms with Gasteiger partial charge in [-0.1, -0.05) is 24.3 Å². The maximum absolute atomic E-state index is 10.7. The van der Waals surface area contributed by atoms with Crippen LogP contribution in [-0.2, 0) is 22.6 Å². The molecule has 13 heavy (non-hydrogen) atoms. The van der Waals surface area contributed by atoms with Gasteiger partial charge in [-0.2, -0.15) is 0 Å². The van der Waals surface area contributed by atoms with Crippen LogP contribution in [0, 0.1) is 6.92 Å². The molecular formula is C11H13O2. The Kier molecular flexibility index (Phi) is 3.65. The molecule has 0 atom stereocenters. The second kappa shape index (κ2) is 4.77. The maximum atomic E-state index is 10.7. The van der Waals surface area contributed by atoms with E-state index in [0.717, 1.165) is 11.1 Å². The molecule has 1 rings (SSSR count). The zero-order valence-corrected chi connectivity index (χ0v) is 7.75. The van der Waals surface area contributed by atoms with Crippen molar-refractivity contribution in [3.63, 3.8) is 0 Å². The Labute approximate surface area is 78.5 Å². The van der Waals surface area contributed by atoms with Crippen LogP contribution in [0.1, 0.15) is 11.1 Å². The molecule has 0 unspecified atom stereocenters. The molecular weight excluding hydrogens is 164 g/mol. The van der Waals surface area contributed by atoms with E-state index in [2.05, 4.69) is 6.92 Å². The highest BCUT2D eigenvalue weighted by atomic mass is 16.5. The third-order valence-electron chi connectivity index (χ3n) is 1.70. The Morgan fingerprint density at radius 1 is 1.46 bits per heavy atom. The highest BCUT2D eigenvalue weighted by molar-refractivity contribution is 5.84. The van der Waals surface area contributed by atoms with E-state index in [9.17, 15) is 4.79 Å². The van der Waals surface area contributed by atoms with E-state index in [1.807, 2.05) is 24.3 Å². The zero-order valence-electron chi connectivity index (χ0n) is 7.75. The lowest BCUT2D eigenvalue weighted by Crippen LogP contribution is -1.97. The predicted octanol–water partition coefficient (Wildman–Crippen LogP) is 1.78. The molecule has 2 nitrogen and oxygen atoms in total. The van der Waals surface area contributed by atoms with Crippen molar-refractivity contribution in [2.45, 2.75) is 13.0 Å². The summed E-state index contributed by atoms with van der Waals surface area (Å²) in [6, 6.07) is 7.78. The van der Waals surface area contributed by atoms with Gasteiger partial charge in [0, 0.05) is 20.5 Å². The van der Waals surface area contributed by atoms with E-state index in [0.29, 0.717) is 13.0 Å².